The molecule has 5 rings (SSSR count). The number of carbonyl (C=O) groups is 1. The zero-order valence-electron chi connectivity index (χ0n) is 23.6. The van der Waals surface area contributed by atoms with Gasteiger partial charge in [-0.3, -0.25) is 4.79 Å². The predicted molar refractivity (Wildman–Crippen MR) is 158 cm³/mol. The fourth-order valence-electron chi connectivity index (χ4n) is 6.22. The molecule has 2 aliphatic heterocycles. The summed E-state index contributed by atoms with van der Waals surface area (Å²) >= 11 is 0. The van der Waals surface area contributed by atoms with Crippen LogP contribution >= 0.6 is 0 Å². The molecule has 0 fully saturated rings. The van der Waals surface area contributed by atoms with Crippen molar-refractivity contribution in [2.75, 3.05) is 55.7 Å². The summed E-state index contributed by atoms with van der Waals surface area (Å²) in [6, 6.07) is 20.9. The highest BCUT2D eigenvalue weighted by atomic mass is 16.5. The van der Waals surface area contributed by atoms with Crippen molar-refractivity contribution in [1.82, 2.24) is 4.90 Å². The number of nitrogens with zero attached hydrogens (tertiary/aromatic N) is 3. The maximum Gasteiger partial charge on any atom is 0.255 e. The average Bonchev–Trinajstić information content (AvgIpc) is 3.20. The largest absolute Gasteiger partial charge is 0.456 e. The number of anilines is 2. The van der Waals surface area contributed by atoms with E-state index >= 15 is 0 Å². The molecule has 6 heteroatoms. The van der Waals surface area contributed by atoms with Gasteiger partial charge in [0.25, 0.3) is 5.91 Å². The number of amides is 1. The van der Waals surface area contributed by atoms with Crippen LogP contribution in [-0.4, -0.2) is 56.7 Å². The number of fused-ring (bicyclic) bond motifs is 6. The first-order valence-corrected chi connectivity index (χ1v) is 14.1. The molecule has 3 aromatic carbocycles. The van der Waals surface area contributed by atoms with Crippen molar-refractivity contribution in [3.8, 4) is 11.5 Å². The topological polar surface area (TPSA) is 45.3 Å². The predicted octanol–water partition coefficient (Wildman–Crippen LogP) is 6.44. The highest BCUT2D eigenvalue weighted by Crippen LogP contribution is 2.58. The number of carbonyl (C=O) groups excluding carboxylic acids is 1. The van der Waals surface area contributed by atoms with E-state index in [9.17, 15) is 4.79 Å². The van der Waals surface area contributed by atoms with Crippen molar-refractivity contribution in [3.63, 3.8) is 0 Å². The summed E-state index contributed by atoms with van der Waals surface area (Å²) in [7, 11) is 0. The van der Waals surface area contributed by atoms with Gasteiger partial charge in [-0.05, 0) is 51.5 Å². The molecule has 3 aromatic rings. The summed E-state index contributed by atoms with van der Waals surface area (Å²) in [5.74, 6) is 1.57. The zero-order valence-corrected chi connectivity index (χ0v) is 23.6. The van der Waals surface area contributed by atoms with Gasteiger partial charge in [0.15, 0.2) is 0 Å². The van der Waals surface area contributed by atoms with Crippen molar-refractivity contribution < 1.29 is 14.3 Å². The summed E-state index contributed by atoms with van der Waals surface area (Å²) in [5, 5.41) is 0. The molecule has 0 unspecified atom stereocenters. The second-order valence-electron chi connectivity index (χ2n) is 9.88. The Labute approximate surface area is 232 Å². The van der Waals surface area contributed by atoms with Crippen LogP contribution in [0.2, 0.25) is 0 Å². The Bertz CT molecular complexity index is 1300. The summed E-state index contributed by atoms with van der Waals surface area (Å²) in [5.41, 5.74) is 5.05. The van der Waals surface area contributed by atoms with Crippen LogP contribution in [-0.2, 0) is 10.3 Å². The molecule has 0 bridgehead atoms. The van der Waals surface area contributed by atoms with Gasteiger partial charge in [-0.2, -0.15) is 0 Å². The van der Waals surface area contributed by atoms with Gasteiger partial charge in [0, 0.05) is 72.9 Å². The number of rotatable bonds is 11. The third kappa shape index (κ3) is 4.27. The Morgan fingerprint density at radius 2 is 1.41 bits per heavy atom. The molecule has 2 heterocycles. The maximum atomic E-state index is 14.1. The molecular formula is C33H39N3O3. The summed E-state index contributed by atoms with van der Waals surface area (Å²) in [6.45, 7) is 17.3. The highest BCUT2D eigenvalue weighted by Gasteiger charge is 2.56. The van der Waals surface area contributed by atoms with Gasteiger partial charge in [-0.25, -0.2) is 0 Å². The molecule has 204 valence electrons. The fraction of sp³-hybridized carbons (Fsp3) is 0.364. The van der Waals surface area contributed by atoms with Gasteiger partial charge in [0.2, 0.25) is 0 Å². The van der Waals surface area contributed by atoms with E-state index in [1.165, 1.54) is 0 Å². The number of benzene rings is 3. The van der Waals surface area contributed by atoms with Crippen LogP contribution in [0, 0.1) is 0 Å². The SMILES string of the molecule is C=CCOCCN1C(=O)c2ccccc2C12c1ccc(N(CC)CC)cc1Oc1cc(N(CC)CC)ccc12. The number of hydrogen-bond acceptors (Lipinski definition) is 5. The molecule has 0 atom stereocenters. The van der Waals surface area contributed by atoms with Gasteiger partial charge in [-0.15, -0.1) is 6.58 Å². The lowest BCUT2D eigenvalue weighted by atomic mass is 9.74. The molecule has 1 amide bonds. The molecule has 6 nitrogen and oxygen atoms in total. The lowest BCUT2D eigenvalue weighted by Crippen LogP contribution is -2.48. The molecule has 0 N–H and O–H groups in total. The Morgan fingerprint density at radius 1 is 0.846 bits per heavy atom. The average molecular weight is 526 g/mol. The monoisotopic (exact) mass is 525 g/mol. The van der Waals surface area contributed by atoms with E-state index in [0.29, 0.717) is 19.8 Å². The lowest BCUT2D eigenvalue weighted by Gasteiger charge is -2.44. The Balaban J connectivity index is 1.77. The molecule has 0 aromatic heterocycles. The van der Waals surface area contributed by atoms with Crippen LogP contribution in [0.4, 0.5) is 11.4 Å². The van der Waals surface area contributed by atoms with Crippen LogP contribution < -0.4 is 14.5 Å². The second-order valence-corrected chi connectivity index (χ2v) is 9.88. The van der Waals surface area contributed by atoms with Crippen molar-refractivity contribution in [2.45, 2.75) is 33.2 Å². The van der Waals surface area contributed by atoms with Gasteiger partial charge in [0.1, 0.15) is 17.0 Å². The minimum Gasteiger partial charge on any atom is -0.456 e. The van der Waals surface area contributed by atoms with Crippen LogP contribution in [0.5, 0.6) is 11.5 Å². The Morgan fingerprint density at radius 3 is 1.95 bits per heavy atom. The van der Waals surface area contributed by atoms with Crippen molar-refractivity contribution in [2.24, 2.45) is 0 Å². The molecule has 0 aliphatic carbocycles. The van der Waals surface area contributed by atoms with Gasteiger partial charge >= 0.3 is 0 Å². The van der Waals surface area contributed by atoms with Gasteiger partial charge < -0.3 is 24.2 Å². The smallest absolute Gasteiger partial charge is 0.255 e. The van der Waals surface area contributed by atoms with Crippen molar-refractivity contribution in [3.05, 3.63) is 95.6 Å². The molecular weight excluding hydrogens is 486 g/mol. The molecule has 0 radical (unpaired) electrons. The van der Waals surface area contributed by atoms with E-state index in [2.05, 4.69) is 86.5 Å². The van der Waals surface area contributed by atoms with E-state index < -0.39 is 5.54 Å². The summed E-state index contributed by atoms with van der Waals surface area (Å²) in [4.78, 5) is 20.7. The normalized spacial score (nSPS) is 14.5. The third-order valence-electron chi connectivity index (χ3n) is 8.08. The second kappa shape index (κ2) is 11.1. The van der Waals surface area contributed by atoms with E-state index in [1.807, 2.05) is 23.1 Å². The summed E-state index contributed by atoms with van der Waals surface area (Å²) < 4.78 is 12.5. The van der Waals surface area contributed by atoms with Crippen molar-refractivity contribution >= 4 is 17.3 Å². The quantitative estimate of drug-likeness (QED) is 0.213. The van der Waals surface area contributed by atoms with E-state index in [4.69, 9.17) is 9.47 Å². The first-order valence-electron chi connectivity index (χ1n) is 14.1. The first kappa shape index (κ1) is 26.8. The minimum absolute atomic E-state index is 0.00671. The van der Waals surface area contributed by atoms with Crippen molar-refractivity contribution in [1.29, 1.82) is 0 Å². The Hall–Kier alpha value is -3.77. The van der Waals surface area contributed by atoms with Crippen LogP contribution in [0.3, 0.4) is 0 Å². The lowest BCUT2D eigenvalue weighted by molar-refractivity contribution is 0.0549. The minimum atomic E-state index is -0.822. The standard InChI is InChI=1S/C33H39N3O3/c1-6-20-38-21-19-36-32(37)26-13-11-12-14-27(26)33(36)28-17-15-24(34(7-2)8-3)22-30(28)39-31-23-25(16-18-29(31)33)35(9-4)10-5/h6,11-18,22-23H,1,7-10,19-21H2,2-5H3. The molecule has 2 aliphatic rings. The van der Waals surface area contributed by atoms with Crippen LogP contribution in [0.15, 0.2) is 73.3 Å². The zero-order chi connectivity index (χ0) is 27.6. The van der Waals surface area contributed by atoms with E-state index in [0.717, 1.165) is 71.3 Å². The Kier molecular flexibility index (Phi) is 7.67. The highest BCUT2D eigenvalue weighted by molar-refractivity contribution is 6.02. The van der Waals surface area contributed by atoms with Gasteiger partial charge in [0.05, 0.1) is 13.2 Å². The molecule has 39 heavy (non-hydrogen) atoms. The number of ether oxygens (including phenoxy) is 2. The van der Waals surface area contributed by atoms with Crippen LogP contribution in [0.25, 0.3) is 0 Å². The third-order valence-corrected chi connectivity index (χ3v) is 8.08. The van der Waals surface area contributed by atoms with E-state index in [1.54, 1.807) is 6.08 Å². The fourth-order valence-corrected chi connectivity index (χ4v) is 6.22. The van der Waals surface area contributed by atoms with Crippen LogP contribution in [0.1, 0.15) is 54.7 Å². The molecule has 0 saturated heterocycles. The van der Waals surface area contributed by atoms with Gasteiger partial charge in [-0.1, -0.05) is 36.4 Å². The number of hydrogen-bond donors (Lipinski definition) is 0. The first-order chi connectivity index (χ1) is 19.0. The summed E-state index contributed by atoms with van der Waals surface area (Å²) in [6.07, 6.45) is 1.73. The maximum absolute atomic E-state index is 14.1. The van der Waals surface area contributed by atoms with E-state index in [-0.39, 0.29) is 5.91 Å². The molecule has 1 spiro atoms. The molecule has 0 saturated carbocycles.